The summed E-state index contributed by atoms with van der Waals surface area (Å²) in [6, 6.07) is 6.99. The third-order valence-corrected chi connectivity index (χ3v) is 4.28. The zero-order valence-corrected chi connectivity index (χ0v) is 14.2. The highest BCUT2D eigenvalue weighted by Crippen LogP contribution is 2.31. The molecule has 0 spiro atoms. The summed E-state index contributed by atoms with van der Waals surface area (Å²) < 4.78 is 10.8. The Morgan fingerprint density at radius 2 is 2.04 bits per heavy atom. The topological polar surface area (TPSA) is 93.9 Å². The molecular weight excluding hydrogens is 310 g/mol. The Bertz CT molecular complexity index is 583. The molecule has 2 rings (SSSR count). The summed E-state index contributed by atoms with van der Waals surface area (Å²) in [4.78, 5) is 25.7. The van der Waals surface area contributed by atoms with E-state index < -0.39 is 5.41 Å². The highest BCUT2D eigenvalue weighted by Gasteiger charge is 2.38. The van der Waals surface area contributed by atoms with E-state index in [0.29, 0.717) is 37.5 Å². The Balaban J connectivity index is 2.00. The molecule has 0 radical (unpaired) electrons. The summed E-state index contributed by atoms with van der Waals surface area (Å²) in [7, 11) is 3.34. The molecule has 1 fully saturated rings. The number of nitrogens with two attached hydrogens (primary N) is 1. The molecule has 1 aliphatic heterocycles. The number of likely N-dealkylation sites (N-methyl/N-ethyl adjacent to an activating group) is 1. The molecule has 1 heterocycles. The summed E-state index contributed by atoms with van der Waals surface area (Å²) in [6.07, 6.45) is 1.23. The van der Waals surface area contributed by atoms with Crippen LogP contribution in [0.5, 0.6) is 5.75 Å². The van der Waals surface area contributed by atoms with Gasteiger partial charge < -0.3 is 25.4 Å². The minimum atomic E-state index is -0.587. The molecule has 24 heavy (non-hydrogen) atoms. The lowest BCUT2D eigenvalue weighted by atomic mass is 9.79. The maximum absolute atomic E-state index is 12.6. The molecule has 1 aromatic carbocycles. The molecule has 7 heteroatoms. The van der Waals surface area contributed by atoms with Crippen LogP contribution in [0.15, 0.2) is 24.3 Å². The number of rotatable bonds is 6. The maximum atomic E-state index is 12.6. The summed E-state index contributed by atoms with van der Waals surface area (Å²) in [5.74, 6) is 0.292. The van der Waals surface area contributed by atoms with Gasteiger partial charge in [0.1, 0.15) is 5.75 Å². The van der Waals surface area contributed by atoms with Crippen molar-refractivity contribution in [1.82, 2.24) is 4.90 Å². The fourth-order valence-corrected chi connectivity index (χ4v) is 2.49. The Labute approximate surface area is 142 Å². The van der Waals surface area contributed by atoms with Crippen molar-refractivity contribution in [2.45, 2.75) is 12.8 Å². The van der Waals surface area contributed by atoms with Crippen molar-refractivity contribution < 1.29 is 19.1 Å². The van der Waals surface area contributed by atoms with Crippen LogP contribution in [0, 0.1) is 5.41 Å². The van der Waals surface area contributed by atoms with Crippen molar-refractivity contribution in [3.63, 3.8) is 0 Å². The number of carbonyl (C=O) groups is 2. The van der Waals surface area contributed by atoms with Crippen molar-refractivity contribution in [2.24, 2.45) is 11.1 Å². The molecule has 0 bridgehead atoms. The highest BCUT2D eigenvalue weighted by atomic mass is 16.5. The van der Waals surface area contributed by atoms with E-state index >= 15 is 0 Å². The first-order valence-electron chi connectivity index (χ1n) is 7.99. The van der Waals surface area contributed by atoms with Crippen molar-refractivity contribution in [2.75, 3.05) is 45.8 Å². The van der Waals surface area contributed by atoms with Crippen LogP contribution in [-0.4, -0.2) is 57.2 Å². The minimum Gasteiger partial charge on any atom is -0.484 e. The molecule has 1 aliphatic rings. The van der Waals surface area contributed by atoms with Gasteiger partial charge in [-0.1, -0.05) is 6.07 Å². The largest absolute Gasteiger partial charge is 0.484 e. The molecule has 0 aliphatic carbocycles. The summed E-state index contributed by atoms with van der Waals surface area (Å²) in [5, 5.41) is 2.90. The Hall–Kier alpha value is -2.12. The van der Waals surface area contributed by atoms with Crippen LogP contribution in [0.1, 0.15) is 12.8 Å². The lowest BCUT2D eigenvalue weighted by molar-refractivity contribution is -0.131. The number of benzene rings is 1. The Morgan fingerprint density at radius 1 is 1.33 bits per heavy atom. The highest BCUT2D eigenvalue weighted by molar-refractivity contribution is 5.95. The molecular formula is C17H25N3O4. The van der Waals surface area contributed by atoms with E-state index in [4.69, 9.17) is 15.2 Å². The van der Waals surface area contributed by atoms with E-state index in [-0.39, 0.29) is 25.0 Å². The first kappa shape index (κ1) is 18.2. The van der Waals surface area contributed by atoms with Gasteiger partial charge >= 0.3 is 0 Å². The van der Waals surface area contributed by atoms with E-state index in [1.54, 1.807) is 38.4 Å². The standard InChI is InChI=1S/C17H25N3O4/c1-20(2)15(21)11-24-14-5-3-4-13(10-14)19-16(22)17(12-18)6-8-23-9-7-17/h3-5,10H,6-9,11-12,18H2,1-2H3,(H,19,22). The molecule has 7 nitrogen and oxygen atoms in total. The van der Waals surface area contributed by atoms with Crippen LogP contribution in [-0.2, 0) is 14.3 Å². The van der Waals surface area contributed by atoms with Gasteiger partial charge in [0.15, 0.2) is 6.61 Å². The van der Waals surface area contributed by atoms with Crippen molar-refractivity contribution in [3.8, 4) is 5.75 Å². The van der Waals surface area contributed by atoms with Crippen LogP contribution in [0.25, 0.3) is 0 Å². The number of amides is 2. The molecule has 0 atom stereocenters. The second kappa shape index (κ2) is 8.12. The zero-order chi connectivity index (χ0) is 17.6. The van der Waals surface area contributed by atoms with Crippen LogP contribution < -0.4 is 15.8 Å². The fourth-order valence-electron chi connectivity index (χ4n) is 2.49. The van der Waals surface area contributed by atoms with Gasteiger partial charge in [-0.2, -0.15) is 0 Å². The van der Waals surface area contributed by atoms with E-state index in [1.807, 2.05) is 0 Å². The van der Waals surface area contributed by atoms with Gasteiger partial charge in [-0.05, 0) is 25.0 Å². The number of ether oxygens (including phenoxy) is 2. The SMILES string of the molecule is CN(C)C(=O)COc1cccc(NC(=O)C2(CN)CCOCC2)c1. The van der Waals surface area contributed by atoms with E-state index in [9.17, 15) is 9.59 Å². The molecule has 3 N–H and O–H groups in total. The van der Waals surface area contributed by atoms with Gasteiger partial charge in [-0.25, -0.2) is 0 Å². The third-order valence-electron chi connectivity index (χ3n) is 4.28. The summed E-state index contributed by atoms with van der Waals surface area (Å²) >= 11 is 0. The normalized spacial score (nSPS) is 16.3. The smallest absolute Gasteiger partial charge is 0.259 e. The van der Waals surface area contributed by atoms with Crippen LogP contribution >= 0.6 is 0 Å². The number of nitrogens with one attached hydrogen (secondary N) is 1. The first-order chi connectivity index (χ1) is 11.5. The Morgan fingerprint density at radius 3 is 2.67 bits per heavy atom. The second-order valence-corrected chi connectivity index (χ2v) is 6.16. The number of hydrogen-bond donors (Lipinski definition) is 2. The van der Waals surface area contributed by atoms with Crippen LogP contribution in [0.4, 0.5) is 5.69 Å². The monoisotopic (exact) mass is 335 g/mol. The van der Waals surface area contributed by atoms with Crippen molar-refractivity contribution in [3.05, 3.63) is 24.3 Å². The molecule has 0 aromatic heterocycles. The average molecular weight is 335 g/mol. The zero-order valence-electron chi connectivity index (χ0n) is 14.2. The number of hydrogen-bond acceptors (Lipinski definition) is 5. The minimum absolute atomic E-state index is 0.0471. The predicted molar refractivity (Wildman–Crippen MR) is 90.8 cm³/mol. The van der Waals surface area contributed by atoms with E-state index in [2.05, 4.69) is 5.32 Å². The van der Waals surface area contributed by atoms with Gasteiger partial charge in [0, 0.05) is 45.6 Å². The molecule has 2 amide bonds. The van der Waals surface area contributed by atoms with Gasteiger partial charge in [-0.15, -0.1) is 0 Å². The van der Waals surface area contributed by atoms with Gasteiger partial charge in [0.25, 0.3) is 5.91 Å². The van der Waals surface area contributed by atoms with Gasteiger partial charge in [-0.3, -0.25) is 9.59 Å². The van der Waals surface area contributed by atoms with Crippen molar-refractivity contribution >= 4 is 17.5 Å². The second-order valence-electron chi connectivity index (χ2n) is 6.16. The van der Waals surface area contributed by atoms with E-state index in [1.165, 1.54) is 4.90 Å². The van der Waals surface area contributed by atoms with Gasteiger partial charge in [0.05, 0.1) is 5.41 Å². The van der Waals surface area contributed by atoms with Gasteiger partial charge in [0.2, 0.25) is 5.91 Å². The van der Waals surface area contributed by atoms with Crippen LogP contribution in [0.3, 0.4) is 0 Å². The number of carbonyl (C=O) groups excluding carboxylic acids is 2. The maximum Gasteiger partial charge on any atom is 0.259 e. The molecule has 0 unspecified atom stereocenters. The first-order valence-corrected chi connectivity index (χ1v) is 7.99. The molecule has 0 saturated carbocycles. The third kappa shape index (κ3) is 4.46. The van der Waals surface area contributed by atoms with Crippen molar-refractivity contribution in [1.29, 1.82) is 0 Å². The predicted octanol–water partition coefficient (Wildman–Crippen LogP) is 0.848. The number of nitrogens with zero attached hydrogens (tertiary/aromatic N) is 1. The summed E-state index contributed by atoms with van der Waals surface area (Å²) in [6.45, 7) is 1.32. The lowest BCUT2D eigenvalue weighted by Gasteiger charge is -2.34. The fraction of sp³-hybridized carbons (Fsp3) is 0.529. The lowest BCUT2D eigenvalue weighted by Crippen LogP contribution is -2.46. The molecule has 1 saturated heterocycles. The Kier molecular flexibility index (Phi) is 6.16. The van der Waals surface area contributed by atoms with E-state index in [0.717, 1.165) is 0 Å². The molecule has 132 valence electrons. The molecule has 1 aromatic rings. The number of anilines is 1. The summed E-state index contributed by atoms with van der Waals surface area (Å²) in [5.41, 5.74) is 5.88. The average Bonchev–Trinajstić information content (AvgIpc) is 2.60. The quantitative estimate of drug-likeness (QED) is 0.804. The van der Waals surface area contributed by atoms with Crippen LogP contribution in [0.2, 0.25) is 0 Å².